The summed E-state index contributed by atoms with van der Waals surface area (Å²) in [7, 11) is 0. The number of Topliss-reactive ketones (excluding diaryl/α,β-unsaturated/α-hetero) is 1. The van der Waals surface area contributed by atoms with E-state index < -0.39 is 0 Å². The second kappa shape index (κ2) is 4.84. The van der Waals surface area contributed by atoms with E-state index in [4.69, 9.17) is 4.74 Å². The van der Waals surface area contributed by atoms with Crippen LogP contribution < -0.4 is 0 Å². The third kappa shape index (κ3) is 3.56. The zero-order valence-electron chi connectivity index (χ0n) is 11.3. The average Bonchev–Trinajstić information content (AvgIpc) is 2.13. The number of carbonyl (C=O) groups excluding carboxylic acids is 1. The Morgan fingerprint density at radius 3 is 2.50 bits per heavy atom. The second-order valence-electron chi connectivity index (χ2n) is 6.28. The zero-order chi connectivity index (χ0) is 12.4. The van der Waals surface area contributed by atoms with Crippen molar-refractivity contribution in [1.29, 1.82) is 0 Å². The van der Waals surface area contributed by atoms with Crippen molar-refractivity contribution in [2.45, 2.75) is 46.6 Å². The average molecular weight is 227 g/mol. The molecule has 16 heavy (non-hydrogen) atoms. The van der Waals surface area contributed by atoms with E-state index in [0.717, 1.165) is 26.3 Å². The van der Waals surface area contributed by atoms with Crippen LogP contribution in [0.2, 0.25) is 0 Å². The van der Waals surface area contributed by atoms with Crippen molar-refractivity contribution in [3.05, 3.63) is 0 Å². The SMILES string of the molecule is CC(C)(C)C(=O)CCN1CCOCC1(C)C. The molecule has 0 aromatic heterocycles. The third-order valence-electron chi connectivity index (χ3n) is 3.26. The molecule has 0 spiro atoms. The molecule has 0 aliphatic carbocycles. The first-order chi connectivity index (χ1) is 7.23. The summed E-state index contributed by atoms with van der Waals surface area (Å²) < 4.78 is 5.46. The maximum atomic E-state index is 11.9. The fourth-order valence-electron chi connectivity index (χ4n) is 1.92. The van der Waals surface area contributed by atoms with Crippen LogP contribution in [0.5, 0.6) is 0 Å². The minimum Gasteiger partial charge on any atom is -0.378 e. The van der Waals surface area contributed by atoms with E-state index in [0.29, 0.717) is 12.2 Å². The van der Waals surface area contributed by atoms with E-state index >= 15 is 0 Å². The summed E-state index contributed by atoms with van der Waals surface area (Å²) in [6.07, 6.45) is 0.646. The topological polar surface area (TPSA) is 29.5 Å². The predicted octanol–water partition coefficient (Wildman–Crippen LogP) is 2.10. The highest BCUT2D eigenvalue weighted by molar-refractivity contribution is 5.83. The molecular formula is C13H25NO2. The van der Waals surface area contributed by atoms with Crippen LogP contribution in [-0.2, 0) is 9.53 Å². The van der Waals surface area contributed by atoms with E-state index in [1.807, 2.05) is 20.8 Å². The molecule has 3 nitrogen and oxygen atoms in total. The summed E-state index contributed by atoms with van der Waals surface area (Å²) in [5.74, 6) is 0.342. The standard InChI is InChI=1S/C13H25NO2/c1-12(2,3)11(15)6-7-14-8-9-16-10-13(14,4)5/h6-10H2,1-5H3. The molecule has 1 rings (SSSR count). The lowest BCUT2D eigenvalue weighted by Gasteiger charge is -2.42. The van der Waals surface area contributed by atoms with E-state index in [2.05, 4.69) is 18.7 Å². The molecule has 0 unspecified atom stereocenters. The van der Waals surface area contributed by atoms with Gasteiger partial charge in [0.2, 0.25) is 0 Å². The normalized spacial score (nSPS) is 22.1. The molecule has 0 bridgehead atoms. The van der Waals surface area contributed by atoms with Gasteiger partial charge >= 0.3 is 0 Å². The molecular weight excluding hydrogens is 202 g/mol. The van der Waals surface area contributed by atoms with Gasteiger partial charge in [-0.1, -0.05) is 20.8 Å². The molecule has 0 aromatic carbocycles. The van der Waals surface area contributed by atoms with E-state index in [1.165, 1.54) is 0 Å². The first-order valence-electron chi connectivity index (χ1n) is 6.09. The number of ether oxygens (including phenoxy) is 1. The summed E-state index contributed by atoms with van der Waals surface area (Å²) in [5, 5.41) is 0. The van der Waals surface area contributed by atoms with Crippen LogP contribution in [0, 0.1) is 5.41 Å². The van der Waals surface area contributed by atoms with Gasteiger partial charge in [0.25, 0.3) is 0 Å². The Hall–Kier alpha value is -0.410. The van der Waals surface area contributed by atoms with Crippen LogP contribution >= 0.6 is 0 Å². The largest absolute Gasteiger partial charge is 0.378 e. The van der Waals surface area contributed by atoms with Gasteiger partial charge in [-0.2, -0.15) is 0 Å². The van der Waals surface area contributed by atoms with Crippen LogP contribution in [0.1, 0.15) is 41.0 Å². The molecule has 94 valence electrons. The lowest BCUT2D eigenvalue weighted by Crippen LogP contribution is -2.53. The molecule has 0 saturated carbocycles. The molecule has 0 radical (unpaired) electrons. The van der Waals surface area contributed by atoms with Crippen molar-refractivity contribution in [3.63, 3.8) is 0 Å². The van der Waals surface area contributed by atoms with Gasteiger partial charge in [0, 0.05) is 30.5 Å². The van der Waals surface area contributed by atoms with Crippen LogP contribution in [0.4, 0.5) is 0 Å². The Kier molecular flexibility index (Phi) is 4.13. The second-order valence-corrected chi connectivity index (χ2v) is 6.28. The molecule has 3 heteroatoms. The molecule has 0 N–H and O–H groups in total. The van der Waals surface area contributed by atoms with Crippen molar-refractivity contribution >= 4 is 5.78 Å². The number of ketones is 1. The van der Waals surface area contributed by atoms with Crippen molar-refractivity contribution in [2.75, 3.05) is 26.3 Å². The van der Waals surface area contributed by atoms with Gasteiger partial charge in [0.1, 0.15) is 5.78 Å². The van der Waals surface area contributed by atoms with Crippen molar-refractivity contribution in [2.24, 2.45) is 5.41 Å². The van der Waals surface area contributed by atoms with Gasteiger partial charge in [-0.3, -0.25) is 9.69 Å². The molecule has 1 heterocycles. The Morgan fingerprint density at radius 1 is 1.38 bits per heavy atom. The summed E-state index contributed by atoms with van der Waals surface area (Å²) in [5.41, 5.74) is -0.146. The third-order valence-corrected chi connectivity index (χ3v) is 3.26. The first-order valence-corrected chi connectivity index (χ1v) is 6.09. The van der Waals surface area contributed by atoms with Crippen molar-refractivity contribution in [3.8, 4) is 0 Å². The highest BCUT2D eigenvalue weighted by atomic mass is 16.5. The predicted molar refractivity (Wildman–Crippen MR) is 65.6 cm³/mol. The summed E-state index contributed by atoms with van der Waals surface area (Å²) in [4.78, 5) is 14.2. The number of rotatable bonds is 3. The van der Waals surface area contributed by atoms with Gasteiger partial charge in [0.05, 0.1) is 13.2 Å². The van der Waals surface area contributed by atoms with E-state index in [9.17, 15) is 4.79 Å². The Labute approximate surface area is 99.1 Å². The molecule has 1 aliphatic heterocycles. The lowest BCUT2D eigenvalue weighted by atomic mass is 9.88. The smallest absolute Gasteiger partial charge is 0.139 e. The van der Waals surface area contributed by atoms with Crippen LogP contribution in [-0.4, -0.2) is 42.5 Å². The fourth-order valence-corrected chi connectivity index (χ4v) is 1.92. The molecule has 1 saturated heterocycles. The van der Waals surface area contributed by atoms with Gasteiger partial charge in [0.15, 0.2) is 0 Å². The minimum atomic E-state index is -0.212. The van der Waals surface area contributed by atoms with Crippen molar-refractivity contribution < 1.29 is 9.53 Å². The molecule has 0 atom stereocenters. The van der Waals surface area contributed by atoms with Crippen molar-refractivity contribution in [1.82, 2.24) is 4.90 Å². The van der Waals surface area contributed by atoms with Gasteiger partial charge < -0.3 is 4.74 Å². The summed E-state index contributed by atoms with van der Waals surface area (Å²) in [6.45, 7) is 13.6. The Bertz CT molecular complexity index is 253. The number of morpholine rings is 1. The highest BCUT2D eigenvalue weighted by Gasteiger charge is 2.31. The van der Waals surface area contributed by atoms with E-state index in [1.54, 1.807) is 0 Å². The number of hydrogen-bond donors (Lipinski definition) is 0. The minimum absolute atomic E-state index is 0.0659. The van der Waals surface area contributed by atoms with Crippen LogP contribution in [0.15, 0.2) is 0 Å². The summed E-state index contributed by atoms with van der Waals surface area (Å²) >= 11 is 0. The Morgan fingerprint density at radius 2 is 2.00 bits per heavy atom. The molecule has 1 aliphatic rings. The van der Waals surface area contributed by atoms with Crippen LogP contribution in [0.25, 0.3) is 0 Å². The fraction of sp³-hybridized carbons (Fsp3) is 0.923. The zero-order valence-corrected chi connectivity index (χ0v) is 11.3. The summed E-state index contributed by atoms with van der Waals surface area (Å²) in [6, 6.07) is 0. The maximum absolute atomic E-state index is 11.9. The molecule has 0 aromatic rings. The lowest BCUT2D eigenvalue weighted by molar-refractivity contribution is -0.127. The van der Waals surface area contributed by atoms with Gasteiger partial charge in [-0.05, 0) is 13.8 Å². The number of carbonyl (C=O) groups is 1. The molecule has 1 fully saturated rings. The van der Waals surface area contributed by atoms with E-state index in [-0.39, 0.29) is 11.0 Å². The van der Waals surface area contributed by atoms with Crippen LogP contribution in [0.3, 0.4) is 0 Å². The quantitative estimate of drug-likeness (QED) is 0.739. The number of hydrogen-bond acceptors (Lipinski definition) is 3. The van der Waals surface area contributed by atoms with Gasteiger partial charge in [-0.15, -0.1) is 0 Å². The number of nitrogens with zero attached hydrogens (tertiary/aromatic N) is 1. The maximum Gasteiger partial charge on any atom is 0.139 e. The Balaban J connectivity index is 2.45. The molecule has 0 amide bonds. The highest BCUT2D eigenvalue weighted by Crippen LogP contribution is 2.21. The monoisotopic (exact) mass is 227 g/mol. The first kappa shape index (κ1) is 13.7. The van der Waals surface area contributed by atoms with Gasteiger partial charge in [-0.25, -0.2) is 0 Å².